The molecule has 7 heteroatoms. The van der Waals surface area contributed by atoms with Crippen LogP contribution in [-0.2, 0) is 23.7 Å². The minimum Gasteiger partial charge on any atom is -0.492 e. The van der Waals surface area contributed by atoms with Gasteiger partial charge in [-0.05, 0) is 39.2 Å². The quantitative estimate of drug-likeness (QED) is 0.720. The van der Waals surface area contributed by atoms with Gasteiger partial charge in [-0.15, -0.1) is 0 Å². The largest absolute Gasteiger partial charge is 0.492 e. The lowest BCUT2D eigenvalue weighted by atomic mass is 9.69. The predicted octanol–water partition coefficient (Wildman–Crippen LogP) is 2.06. The third-order valence-electron chi connectivity index (χ3n) is 8.63. The van der Waals surface area contributed by atoms with E-state index < -0.39 is 5.79 Å². The number of rotatable bonds is 4. The highest BCUT2D eigenvalue weighted by molar-refractivity contribution is 5.93. The minimum atomic E-state index is -0.683. The van der Waals surface area contributed by atoms with Crippen LogP contribution in [0.4, 0.5) is 0 Å². The molecular formula is C22H29NO6. The van der Waals surface area contributed by atoms with E-state index >= 15 is 0 Å². The second-order valence-electron chi connectivity index (χ2n) is 9.58. The Labute approximate surface area is 170 Å². The lowest BCUT2D eigenvalue weighted by Crippen LogP contribution is -2.61. The van der Waals surface area contributed by atoms with Gasteiger partial charge in [0, 0.05) is 17.9 Å². The van der Waals surface area contributed by atoms with Crippen molar-refractivity contribution in [2.45, 2.75) is 76.0 Å². The number of methoxy groups -OCH3 is 1. The summed E-state index contributed by atoms with van der Waals surface area (Å²) in [5.41, 5.74) is 0.346. The van der Waals surface area contributed by atoms with Crippen molar-refractivity contribution >= 4 is 5.97 Å². The van der Waals surface area contributed by atoms with Gasteiger partial charge in [0.25, 0.3) is 0 Å². The highest BCUT2D eigenvalue weighted by atomic mass is 16.7. The monoisotopic (exact) mass is 403 g/mol. The number of nitrogens with zero attached hydrogens (tertiary/aromatic N) is 1. The van der Waals surface area contributed by atoms with E-state index in [-0.39, 0.29) is 41.5 Å². The number of hydrogen-bond acceptors (Lipinski definition) is 7. The van der Waals surface area contributed by atoms with Crippen LogP contribution < -0.4 is 0 Å². The first-order valence-electron chi connectivity index (χ1n) is 10.9. The van der Waals surface area contributed by atoms with Gasteiger partial charge in [-0.1, -0.05) is 13.8 Å². The van der Waals surface area contributed by atoms with E-state index in [0.29, 0.717) is 28.9 Å². The molecule has 0 amide bonds. The molecule has 6 rings (SSSR count). The Morgan fingerprint density at radius 2 is 2.21 bits per heavy atom. The number of ether oxygens (including phenoxy) is 4. The fourth-order valence-corrected chi connectivity index (χ4v) is 7.61. The van der Waals surface area contributed by atoms with Crippen LogP contribution in [0.5, 0.6) is 0 Å². The molecule has 5 bridgehead atoms. The number of piperidine rings is 1. The van der Waals surface area contributed by atoms with E-state index in [0.717, 1.165) is 32.2 Å². The second-order valence-corrected chi connectivity index (χ2v) is 9.58. The fraction of sp³-hybridized carbons (Fsp3) is 0.773. The SMILES string of the molecule is CC[C@H](O)C[C@]12[C@@H]3C[C@H]4[C@H]5[C@H](C)/C(=C6/OC(=O)C(C)=C6OC)O[C@]5(O3)[C@H]1CCN42. The zero-order valence-electron chi connectivity index (χ0n) is 17.4. The molecule has 0 aromatic rings. The van der Waals surface area contributed by atoms with Crippen molar-refractivity contribution in [3.63, 3.8) is 0 Å². The first kappa shape index (κ1) is 18.2. The van der Waals surface area contributed by atoms with Crippen LogP contribution in [-0.4, -0.2) is 59.2 Å². The van der Waals surface area contributed by atoms with Crippen LogP contribution in [0.2, 0.25) is 0 Å². The standard InChI is InChI=1S/C22H29NO6/c1-5-12(24)9-21-14-6-7-23(21)13-8-15(21)28-22(14)16(13)10(2)18(29-22)19-17(26-4)11(3)20(25)27-19/h10,12-16,24H,5-9H2,1-4H3/b19-18-/t10-,12-,13-,14-,15-,16+,21+,22+/m0/s1. The molecule has 29 heavy (non-hydrogen) atoms. The van der Waals surface area contributed by atoms with Crippen LogP contribution in [0.15, 0.2) is 22.9 Å². The third-order valence-corrected chi connectivity index (χ3v) is 8.63. The van der Waals surface area contributed by atoms with Crippen molar-refractivity contribution in [3.05, 3.63) is 22.9 Å². The first-order chi connectivity index (χ1) is 13.9. The number of fused-ring (bicyclic) bond motifs is 1. The zero-order chi connectivity index (χ0) is 20.3. The summed E-state index contributed by atoms with van der Waals surface area (Å²) in [6.45, 7) is 6.95. The summed E-state index contributed by atoms with van der Waals surface area (Å²) in [6, 6.07) is 0.373. The van der Waals surface area contributed by atoms with Gasteiger partial charge >= 0.3 is 5.97 Å². The van der Waals surface area contributed by atoms with Gasteiger partial charge in [0.15, 0.2) is 5.76 Å². The Balaban J connectivity index is 1.46. The molecular weight excluding hydrogens is 374 g/mol. The van der Waals surface area contributed by atoms with Crippen molar-refractivity contribution in [1.29, 1.82) is 0 Å². The van der Waals surface area contributed by atoms with Crippen LogP contribution in [0.1, 0.15) is 46.5 Å². The average molecular weight is 403 g/mol. The lowest BCUT2D eigenvalue weighted by molar-refractivity contribution is -0.256. The van der Waals surface area contributed by atoms with Gasteiger partial charge in [-0.3, -0.25) is 4.90 Å². The van der Waals surface area contributed by atoms with Gasteiger partial charge in [0.2, 0.25) is 11.5 Å². The summed E-state index contributed by atoms with van der Waals surface area (Å²) in [7, 11) is 1.56. The van der Waals surface area contributed by atoms with Gasteiger partial charge < -0.3 is 24.1 Å². The molecule has 9 atom stereocenters. The van der Waals surface area contributed by atoms with E-state index in [1.165, 1.54) is 0 Å². The van der Waals surface area contributed by atoms with Crippen molar-refractivity contribution < 1.29 is 28.8 Å². The first-order valence-corrected chi connectivity index (χ1v) is 10.9. The van der Waals surface area contributed by atoms with E-state index in [2.05, 4.69) is 11.8 Å². The Morgan fingerprint density at radius 1 is 1.41 bits per heavy atom. The Hall–Kier alpha value is -1.57. The maximum Gasteiger partial charge on any atom is 0.343 e. The molecule has 6 heterocycles. The maximum absolute atomic E-state index is 12.2. The van der Waals surface area contributed by atoms with Gasteiger partial charge in [-0.25, -0.2) is 4.79 Å². The van der Waals surface area contributed by atoms with Gasteiger partial charge in [-0.2, -0.15) is 0 Å². The number of aliphatic hydroxyl groups excluding tert-OH is 1. The van der Waals surface area contributed by atoms with Gasteiger partial charge in [0.1, 0.15) is 5.76 Å². The Kier molecular flexibility index (Phi) is 3.49. The van der Waals surface area contributed by atoms with Gasteiger partial charge in [0.05, 0.1) is 36.3 Å². The van der Waals surface area contributed by atoms with Crippen LogP contribution in [0, 0.1) is 17.8 Å². The molecule has 0 aromatic heterocycles. The smallest absolute Gasteiger partial charge is 0.343 e. The molecule has 5 saturated heterocycles. The minimum absolute atomic E-state index is 0.0649. The van der Waals surface area contributed by atoms with E-state index in [9.17, 15) is 9.90 Å². The zero-order valence-corrected chi connectivity index (χ0v) is 17.4. The fourth-order valence-electron chi connectivity index (χ4n) is 7.61. The van der Waals surface area contributed by atoms with Crippen molar-refractivity contribution in [1.82, 2.24) is 4.90 Å². The summed E-state index contributed by atoms with van der Waals surface area (Å²) < 4.78 is 24.5. The van der Waals surface area contributed by atoms with E-state index in [4.69, 9.17) is 18.9 Å². The highest BCUT2D eigenvalue weighted by Gasteiger charge is 2.84. The number of aliphatic hydroxyl groups is 1. The van der Waals surface area contributed by atoms with Crippen molar-refractivity contribution in [2.75, 3.05) is 13.7 Å². The summed E-state index contributed by atoms with van der Waals surface area (Å²) in [5, 5.41) is 10.6. The lowest BCUT2D eigenvalue weighted by Gasteiger charge is -2.48. The normalized spacial score (nSPS) is 52.2. The Bertz CT molecular complexity index is 865. The number of carbonyl (C=O) groups is 1. The molecule has 1 unspecified atom stereocenters. The summed E-state index contributed by atoms with van der Waals surface area (Å²) >= 11 is 0. The number of hydrogen-bond donors (Lipinski definition) is 1. The van der Waals surface area contributed by atoms with Crippen LogP contribution >= 0.6 is 0 Å². The summed E-state index contributed by atoms with van der Waals surface area (Å²) in [5.74, 6) is 0.990. The topological polar surface area (TPSA) is 77.5 Å². The van der Waals surface area contributed by atoms with Crippen LogP contribution in [0.25, 0.3) is 0 Å². The Morgan fingerprint density at radius 3 is 2.93 bits per heavy atom. The molecule has 5 fully saturated rings. The molecule has 1 spiro atoms. The molecule has 0 aromatic carbocycles. The summed E-state index contributed by atoms with van der Waals surface area (Å²) in [6.07, 6.45) is 3.26. The summed E-state index contributed by atoms with van der Waals surface area (Å²) in [4.78, 5) is 14.8. The van der Waals surface area contributed by atoms with Crippen molar-refractivity contribution in [2.24, 2.45) is 17.8 Å². The third kappa shape index (κ3) is 1.85. The molecule has 1 N–H and O–H groups in total. The second kappa shape index (κ2) is 5.56. The van der Waals surface area contributed by atoms with Crippen LogP contribution in [0.3, 0.4) is 0 Å². The molecule has 6 aliphatic heterocycles. The number of cyclic esters (lactones) is 1. The molecule has 7 nitrogen and oxygen atoms in total. The molecule has 0 radical (unpaired) electrons. The average Bonchev–Trinajstić information content (AvgIpc) is 3.40. The molecule has 158 valence electrons. The van der Waals surface area contributed by atoms with E-state index in [1.54, 1.807) is 14.0 Å². The maximum atomic E-state index is 12.2. The molecule has 0 saturated carbocycles. The molecule has 6 aliphatic rings. The number of esters is 1. The molecule has 0 aliphatic carbocycles. The van der Waals surface area contributed by atoms with Crippen molar-refractivity contribution in [3.8, 4) is 0 Å². The number of carbonyl (C=O) groups excluding carboxylic acids is 1. The predicted molar refractivity (Wildman–Crippen MR) is 101 cm³/mol. The number of allylic oxidation sites excluding steroid dienone is 1. The highest BCUT2D eigenvalue weighted by Crippen LogP contribution is 2.73. The van der Waals surface area contributed by atoms with E-state index in [1.807, 2.05) is 6.92 Å².